The Morgan fingerprint density at radius 3 is 2.40 bits per heavy atom. The molecule has 1 aliphatic heterocycles. The molecule has 2 aromatic heterocycles. The Balaban J connectivity index is 1.38. The first-order valence-electron chi connectivity index (χ1n) is 9.90. The van der Waals surface area contributed by atoms with Gasteiger partial charge >= 0.3 is 0 Å². The molecule has 0 bridgehead atoms. The smallest absolute Gasteiger partial charge is 0.243 e. The maximum absolute atomic E-state index is 13.2. The maximum atomic E-state index is 13.2. The highest BCUT2D eigenvalue weighted by Gasteiger charge is 2.31. The molecule has 8 nitrogen and oxygen atoms in total. The predicted molar refractivity (Wildman–Crippen MR) is 111 cm³/mol. The zero-order valence-corrected chi connectivity index (χ0v) is 17.0. The van der Waals surface area contributed by atoms with Crippen molar-refractivity contribution in [1.29, 1.82) is 0 Å². The van der Waals surface area contributed by atoms with Crippen LogP contribution in [0.15, 0.2) is 47.6 Å². The molecular formula is C20H21FN6O2S. The number of piperazine rings is 1. The van der Waals surface area contributed by atoms with Gasteiger partial charge in [-0.25, -0.2) is 22.8 Å². The zero-order valence-electron chi connectivity index (χ0n) is 16.2. The van der Waals surface area contributed by atoms with Crippen LogP contribution in [0.2, 0.25) is 0 Å². The summed E-state index contributed by atoms with van der Waals surface area (Å²) in [5, 5.41) is 3.44. The summed E-state index contributed by atoms with van der Waals surface area (Å²) < 4.78 is 40.3. The molecule has 0 atom stereocenters. The summed E-state index contributed by atoms with van der Waals surface area (Å²) in [5.74, 6) is 0.992. The van der Waals surface area contributed by atoms with Crippen LogP contribution in [0.1, 0.15) is 12.8 Å². The molecule has 1 saturated carbocycles. The van der Waals surface area contributed by atoms with Gasteiger partial charge in [-0.05, 0) is 43.2 Å². The SMILES string of the molecule is O=S(=O)(c1ccc(F)cc1)N1CCN(c2nc3ccncc3nc2NC2CC2)CC1. The van der Waals surface area contributed by atoms with E-state index in [1.807, 2.05) is 6.07 Å². The Hall–Kier alpha value is -2.85. The number of fused-ring (bicyclic) bond motifs is 1. The zero-order chi connectivity index (χ0) is 20.7. The van der Waals surface area contributed by atoms with Crippen LogP contribution >= 0.6 is 0 Å². The van der Waals surface area contributed by atoms with Crippen LogP contribution in [0.4, 0.5) is 16.0 Å². The topological polar surface area (TPSA) is 91.3 Å². The largest absolute Gasteiger partial charge is 0.364 e. The van der Waals surface area contributed by atoms with Crippen LogP contribution in [0.25, 0.3) is 11.0 Å². The lowest BCUT2D eigenvalue weighted by atomic mass is 10.3. The van der Waals surface area contributed by atoms with Gasteiger partial charge in [-0.1, -0.05) is 0 Å². The molecule has 10 heteroatoms. The van der Waals surface area contributed by atoms with Crippen molar-refractivity contribution in [1.82, 2.24) is 19.3 Å². The molecule has 1 aliphatic carbocycles. The number of halogens is 1. The number of hydrogen-bond donors (Lipinski definition) is 1. The van der Waals surface area contributed by atoms with E-state index in [9.17, 15) is 12.8 Å². The van der Waals surface area contributed by atoms with Crippen molar-refractivity contribution < 1.29 is 12.8 Å². The Labute approximate surface area is 173 Å². The predicted octanol–water partition coefficient (Wildman–Crippen LogP) is 2.25. The van der Waals surface area contributed by atoms with E-state index >= 15 is 0 Å². The fraction of sp³-hybridized carbons (Fsp3) is 0.350. The van der Waals surface area contributed by atoms with E-state index in [0.29, 0.717) is 38.0 Å². The van der Waals surface area contributed by atoms with Gasteiger partial charge in [0.15, 0.2) is 11.6 Å². The molecule has 3 aromatic rings. The highest BCUT2D eigenvalue weighted by Crippen LogP contribution is 2.31. The summed E-state index contributed by atoms with van der Waals surface area (Å²) >= 11 is 0. The Morgan fingerprint density at radius 1 is 0.967 bits per heavy atom. The van der Waals surface area contributed by atoms with Gasteiger partial charge in [0.2, 0.25) is 10.0 Å². The van der Waals surface area contributed by atoms with E-state index in [1.54, 1.807) is 12.4 Å². The first kappa shape index (κ1) is 19.1. The molecule has 2 fully saturated rings. The van der Waals surface area contributed by atoms with Crippen molar-refractivity contribution in [2.75, 3.05) is 36.4 Å². The molecule has 1 N–H and O–H groups in total. The average molecular weight is 428 g/mol. The third-order valence-electron chi connectivity index (χ3n) is 5.36. The van der Waals surface area contributed by atoms with Gasteiger partial charge in [0.05, 0.1) is 16.6 Å². The summed E-state index contributed by atoms with van der Waals surface area (Å²) in [6.45, 7) is 1.62. The van der Waals surface area contributed by atoms with Crippen molar-refractivity contribution in [3.05, 3.63) is 48.5 Å². The highest BCUT2D eigenvalue weighted by molar-refractivity contribution is 7.89. The first-order valence-corrected chi connectivity index (χ1v) is 11.3. The molecular weight excluding hydrogens is 407 g/mol. The van der Waals surface area contributed by atoms with Crippen LogP contribution in [0, 0.1) is 5.82 Å². The van der Waals surface area contributed by atoms with E-state index in [0.717, 1.165) is 29.7 Å². The van der Waals surface area contributed by atoms with Crippen molar-refractivity contribution >= 4 is 32.7 Å². The fourth-order valence-corrected chi connectivity index (χ4v) is 4.95. The van der Waals surface area contributed by atoms with Crippen LogP contribution < -0.4 is 10.2 Å². The van der Waals surface area contributed by atoms with Gasteiger partial charge in [-0.3, -0.25) is 4.98 Å². The third kappa shape index (κ3) is 3.68. The average Bonchev–Trinajstić information content (AvgIpc) is 3.58. The second-order valence-corrected chi connectivity index (χ2v) is 9.46. The van der Waals surface area contributed by atoms with Gasteiger partial charge in [-0.2, -0.15) is 4.31 Å². The van der Waals surface area contributed by atoms with Gasteiger partial charge in [-0.15, -0.1) is 0 Å². The molecule has 156 valence electrons. The van der Waals surface area contributed by atoms with Gasteiger partial charge in [0.25, 0.3) is 0 Å². The number of anilines is 2. The van der Waals surface area contributed by atoms with E-state index in [4.69, 9.17) is 9.97 Å². The molecule has 1 saturated heterocycles. The standard InChI is InChI=1S/C20H21FN6O2S/c21-14-1-5-16(6-2-14)30(28,29)27-11-9-26(10-12-27)20-19(23-15-3-4-15)24-18-13-22-8-7-17(18)25-20/h1-2,5-8,13,15H,3-4,9-12H2,(H,23,24). The minimum Gasteiger partial charge on any atom is -0.364 e. The minimum absolute atomic E-state index is 0.103. The van der Waals surface area contributed by atoms with Gasteiger partial charge in [0.1, 0.15) is 11.3 Å². The molecule has 1 aromatic carbocycles. The number of nitrogens with one attached hydrogen (secondary N) is 1. The molecule has 5 rings (SSSR count). The lowest BCUT2D eigenvalue weighted by Gasteiger charge is -2.35. The second-order valence-electron chi connectivity index (χ2n) is 7.52. The minimum atomic E-state index is -3.66. The molecule has 2 aliphatic rings. The Morgan fingerprint density at radius 2 is 1.70 bits per heavy atom. The quantitative estimate of drug-likeness (QED) is 0.666. The van der Waals surface area contributed by atoms with Gasteiger partial charge in [0, 0.05) is 38.4 Å². The van der Waals surface area contributed by atoms with E-state index in [1.165, 1.54) is 28.6 Å². The highest BCUT2D eigenvalue weighted by atomic mass is 32.2. The molecule has 0 amide bonds. The number of benzene rings is 1. The van der Waals surface area contributed by atoms with Gasteiger partial charge < -0.3 is 10.2 Å². The monoisotopic (exact) mass is 428 g/mol. The Bertz CT molecular complexity index is 1180. The number of nitrogens with zero attached hydrogens (tertiary/aromatic N) is 5. The summed E-state index contributed by atoms with van der Waals surface area (Å²) in [5.41, 5.74) is 1.48. The van der Waals surface area contributed by atoms with E-state index < -0.39 is 15.8 Å². The lowest BCUT2D eigenvalue weighted by Crippen LogP contribution is -2.49. The maximum Gasteiger partial charge on any atom is 0.243 e. The third-order valence-corrected chi connectivity index (χ3v) is 7.27. The molecule has 0 unspecified atom stereocenters. The normalized spacial score (nSPS) is 18.0. The summed E-state index contributed by atoms with van der Waals surface area (Å²) in [4.78, 5) is 15.8. The molecule has 30 heavy (non-hydrogen) atoms. The van der Waals surface area contributed by atoms with Crippen molar-refractivity contribution in [2.45, 2.75) is 23.8 Å². The Kier molecular flexibility index (Phi) is 4.75. The van der Waals surface area contributed by atoms with E-state index in [2.05, 4.69) is 15.2 Å². The van der Waals surface area contributed by atoms with Crippen LogP contribution in [-0.4, -0.2) is 59.9 Å². The summed E-state index contributed by atoms with van der Waals surface area (Å²) in [7, 11) is -3.66. The number of sulfonamides is 1. The fourth-order valence-electron chi connectivity index (χ4n) is 3.53. The van der Waals surface area contributed by atoms with Crippen molar-refractivity contribution in [2.24, 2.45) is 0 Å². The van der Waals surface area contributed by atoms with E-state index in [-0.39, 0.29) is 4.90 Å². The van der Waals surface area contributed by atoms with Crippen LogP contribution in [0.3, 0.4) is 0 Å². The molecule has 0 radical (unpaired) electrons. The number of aromatic nitrogens is 3. The van der Waals surface area contributed by atoms with Crippen LogP contribution in [0.5, 0.6) is 0 Å². The summed E-state index contributed by atoms with van der Waals surface area (Å²) in [6.07, 6.45) is 5.59. The number of pyridine rings is 1. The lowest BCUT2D eigenvalue weighted by molar-refractivity contribution is 0.384. The first-order chi connectivity index (χ1) is 14.5. The molecule has 3 heterocycles. The van der Waals surface area contributed by atoms with Crippen LogP contribution in [-0.2, 0) is 10.0 Å². The number of rotatable bonds is 5. The van der Waals surface area contributed by atoms with Crippen molar-refractivity contribution in [3.63, 3.8) is 0 Å². The molecule has 0 spiro atoms. The second kappa shape index (κ2) is 7.44. The summed E-state index contributed by atoms with van der Waals surface area (Å²) in [6, 6.07) is 7.17. The number of hydrogen-bond acceptors (Lipinski definition) is 7. The van der Waals surface area contributed by atoms with Crippen molar-refractivity contribution in [3.8, 4) is 0 Å².